The maximum Gasteiger partial charge on any atom is 0.131 e. The number of anilines is 1. The average molecular weight is 261 g/mol. The number of aromatic nitrogens is 2. The van der Waals surface area contributed by atoms with E-state index in [0.29, 0.717) is 5.82 Å². The first-order valence-electron chi connectivity index (χ1n) is 6.15. The van der Waals surface area contributed by atoms with E-state index in [0.717, 1.165) is 35.0 Å². The Bertz CT molecular complexity index is 568. The molecule has 0 unspecified atom stereocenters. The monoisotopic (exact) mass is 261 g/mol. The van der Waals surface area contributed by atoms with E-state index in [-0.39, 0.29) is 0 Å². The van der Waals surface area contributed by atoms with Crippen molar-refractivity contribution in [3.63, 3.8) is 0 Å². The maximum absolute atomic E-state index is 6.11. The molecular weight excluding hydrogens is 242 g/mol. The minimum Gasteiger partial charge on any atom is -0.497 e. The fraction of sp³-hybridized carbons (Fsp3) is 0.357. The number of benzene rings is 1. The quantitative estimate of drug-likeness (QED) is 0.917. The summed E-state index contributed by atoms with van der Waals surface area (Å²) in [7, 11) is 5.16. The third-order valence-electron chi connectivity index (χ3n) is 3.17. The lowest BCUT2D eigenvalue weighted by molar-refractivity contribution is 0.394. The zero-order valence-corrected chi connectivity index (χ0v) is 11.7. The van der Waals surface area contributed by atoms with Gasteiger partial charge in [0.2, 0.25) is 0 Å². The van der Waals surface area contributed by atoms with Gasteiger partial charge in [0.25, 0.3) is 0 Å². The Morgan fingerprint density at radius 2 is 1.74 bits per heavy atom. The second-order valence-corrected chi connectivity index (χ2v) is 4.28. The first kappa shape index (κ1) is 13.3. The number of ether oxygens (including phenoxy) is 2. The smallest absolute Gasteiger partial charge is 0.131 e. The first-order valence-corrected chi connectivity index (χ1v) is 6.15. The van der Waals surface area contributed by atoms with Crippen molar-refractivity contribution >= 4 is 5.82 Å². The fourth-order valence-electron chi connectivity index (χ4n) is 2.03. The van der Waals surface area contributed by atoms with Crippen LogP contribution in [0, 0.1) is 0 Å². The van der Waals surface area contributed by atoms with Crippen molar-refractivity contribution in [2.45, 2.75) is 13.3 Å². The van der Waals surface area contributed by atoms with Gasteiger partial charge in [-0.1, -0.05) is 6.92 Å². The SMILES string of the molecule is CCc1nc(-c2cc(OC)cc(OC)c2)c(N)n1C. The lowest BCUT2D eigenvalue weighted by atomic mass is 10.1. The molecule has 0 aliphatic rings. The molecule has 1 aromatic heterocycles. The van der Waals surface area contributed by atoms with Gasteiger partial charge < -0.3 is 19.8 Å². The molecule has 0 spiro atoms. The number of aryl methyl sites for hydroxylation is 1. The normalized spacial score (nSPS) is 10.5. The molecule has 19 heavy (non-hydrogen) atoms. The molecule has 0 aliphatic carbocycles. The van der Waals surface area contributed by atoms with Crippen LogP contribution in [0.2, 0.25) is 0 Å². The van der Waals surface area contributed by atoms with Crippen molar-refractivity contribution in [3.05, 3.63) is 24.0 Å². The van der Waals surface area contributed by atoms with Gasteiger partial charge in [-0.25, -0.2) is 4.98 Å². The highest BCUT2D eigenvalue weighted by Gasteiger charge is 2.14. The molecule has 0 atom stereocenters. The predicted octanol–water partition coefficient (Wildman–Crippen LogP) is 2.25. The first-order chi connectivity index (χ1) is 9.10. The van der Waals surface area contributed by atoms with E-state index >= 15 is 0 Å². The molecule has 2 N–H and O–H groups in total. The van der Waals surface area contributed by atoms with Crippen LogP contribution in [0.25, 0.3) is 11.3 Å². The van der Waals surface area contributed by atoms with E-state index in [9.17, 15) is 0 Å². The van der Waals surface area contributed by atoms with Gasteiger partial charge in [-0.05, 0) is 12.1 Å². The minimum atomic E-state index is 0.646. The van der Waals surface area contributed by atoms with Gasteiger partial charge in [-0.3, -0.25) is 0 Å². The van der Waals surface area contributed by atoms with Crippen LogP contribution in [-0.2, 0) is 13.5 Å². The highest BCUT2D eigenvalue weighted by Crippen LogP contribution is 2.32. The second kappa shape index (κ2) is 5.22. The lowest BCUT2D eigenvalue weighted by Crippen LogP contribution is -2.00. The topological polar surface area (TPSA) is 62.3 Å². The molecule has 0 saturated carbocycles. The largest absolute Gasteiger partial charge is 0.497 e. The third kappa shape index (κ3) is 2.36. The molecular formula is C14H19N3O2. The molecule has 0 saturated heterocycles. The summed E-state index contributed by atoms with van der Waals surface area (Å²) in [4.78, 5) is 4.58. The van der Waals surface area contributed by atoms with Crippen LogP contribution in [-0.4, -0.2) is 23.8 Å². The summed E-state index contributed by atoms with van der Waals surface area (Å²) >= 11 is 0. The molecule has 0 bridgehead atoms. The summed E-state index contributed by atoms with van der Waals surface area (Å²) in [5.41, 5.74) is 7.77. The highest BCUT2D eigenvalue weighted by molar-refractivity contribution is 5.73. The molecule has 0 aliphatic heterocycles. The van der Waals surface area contributed by atoms with Crippen LogP contribution in [0.5, 0.6) is 11.5 Å². The zero-order chi connectivity index (χ0) is 14.0. The lowest BCUT2D eigenvalue weighted by Gasteiger charge is -2.07. The van der Waals surface area contributed by atoms with Crippen molar-refractivity contribution in [3.8, 4) is 22.8 Å². The Morgan fingerprint density at radius 3 is 2.16 bits per heavy atom. The molecule has 2 rings (SSSR count). The minimum absolute atomic E-state index is 0.646. The van der Waals surface area contributed by atoms with Crippen molar-refractivity contribution in [1.82, 2.24) is 9.55 Å². The van der Waals surface area contributed by atoms with E-state index in [4.69, 9.17) is 15.2 Å². The highest BCUT2D eigenvalue weighted by atomic mass is 16.5. The van der Waals surface area contributed by atoms with Crippen LogP contribution in [0.1, 0.15) is 12.7 Å². The van der Waals surface area contributed by atoms with Gasteiger partial charge in [-0.2, -0.15) is 0 Å². The number of nitrogens with zero attached hydrogens (tertiary/aromatic N) is 2. The molecule has 5 nitrogen and oxygen atoms in total. The summed E-state index contributed by atoms with van der Waals surface area (Å²) in [6.07, 6.45) is 0.835. The summed E-state index contributed by atoms with van der Waals surface area (Å²) in [5, 5.41) is 0. The van der Waals surface area contributed by atoms with Gasteiger partial charge in [0.1, 0.15) is 28.8 Å². The van der Waals surface area contributed by atoms with Crippen LogP contribution in [0.4, 0.5) is 5.82 Å². The molecule has 1 aromatic carbocycles. The van der Waals surface area contributed by atoms with Gasteiger partial charge in [0, 0.05) is 25.1 Å². The van der Waals surface area contributed by atoms with E-state index in [1.807, 2.05) is 29.8 Å². The Balaban J connectivity index is 2.57. The van der Waals surface area contributed by atoms with Crippen molar-refractivity contribution in [2.24, 2.45) is 7.05 Å². The molecule has 0 amide bonds. The van der Waals surface area contributed by atoms with E-state index in [1.165, 1.54) is 0 Å². The number of rotatable bonds is 4. The third-order valence-corrected chi connectivity index (χ3v) is 3.17. The summed E-state index contributed by atoms with van der Waals surface area (Å²) < 4.78 is 12.4. The fourth-order valence-corrected chi connectivity index (χ4v) is 2.03. The van der Waals surface area contributed by atoms with Crippen molar-refractivity contribution in [2.75, 3.05) is 20.0 Å². The molecule has 5 heteroatoms. The van der Waals surface area contributed by atoms with Gasteiger partial charge in [0.05, 0.1) is 14.2 Å². The average Bonchev–Trinajstić information content (AvgIpc) is 2.74. The summed E-state index contributed by atoms with van der Waals surface area (Å²) in [6.45, 7) is 2.05. The Labute approximate surface area is 113 Å². The van der Waals surface area contributed by atoms with Gasteiger partial charge >= 0.3 is 0 Å². The molecule has 1 heterocycles. The van der Waals surface area contributed by atoms with Crippen LogP contribution < -0.4 is 15.2 Å². The molecule has 102 valence electrons. The summed E-state index contributed by atoms with van der Waals surface area (Å²) in [5.74, 6) is 3.04. The van der Waals surface area contributed by atoms with Crippen LogP contribution in [0.15, 0.2) is 18.2 Å². The standard InChI is InChI=1S/C14H19N3O2/c1-5-12-16-13(14(15)17(12)2)9-6-10(18-3)8-11(7-9)19-4/h6-8H,5,15H2,1-4H3. The number of hydrogen-bond acceptors (Lipinski definition) is 4. The Hall–Kier alpha value is -2.17. The van der Waals surface area contributed by atoms with Gasteiger partial charge in [0.15, 0.2) is 0 Å². The second-order valence-electron chi connectivity index (χ2n) is 4.28. The Kier molecular flexibility index (Phi) is 3.64. The van der Waals surface area contributed by atoms with E-state index in [1.54, 1.807) is 14.2 Å². The number of imidazole rings is 1. The number of nitrogens with two attached hydrogens (primary N) is 1. The van der Waals surface area contributed by atoms with Crippen molar-refractivity contribution in [1.29, 1.82) is 0 Å². The predicted molar refractivity (Wildman–Crippen MR) is 75.5 cm³/mol. The maximum atomic E-state index is 6.11. The van der Waals surface area contributed by atoms with Gasteiger partial charge in [-0.15, -0.1) is 0 Å². The summed E-state index contributed by atoms with van der Waals surface area (Å²) in [6, 6.07) is 5.63. The number of methoxy groups -OCH3 is 2. The van der Waals surface area contributed by atoms with Crippen LogP contribution >= 0.6 is 0 Å². The van der Waals surface area contributed by atoms with Crippen LogP contribution in [0.3, 0.4) is 0 Å². The van der Waals surface area contributed by atoms with Crippen molar-refractivity contribution < 1.29 is 9.47 Å². The zero-order valence-electron chi connectivity index (χ0n) is 11.7. The molecule has 0 fully saturated rings. The van der Waals surface area contributed by atoms with E-state index in [2.05, 4.69) is 11.9 Å². The molecule has 0 radical (unpaired) electrons. The number of hydrogen-bond donors (Lipinski definition) is 1. The molecule has 2 aromatic rings. The number of nitrogen functional groups attached to an aromatic ring is 1. The van der Waals surface area contributed by atoms with E-state index < -0.39 is 0 Å². The Morgan fingerprint density at radius 1 is 1.16 bits per heavy atom.